The number of pyridine rings is 1. The quantitative estimate of drug-likeness (QED) is 0.472. The number of aromatic hydroxyl groups is 1. The molecule has 0 amide bonds. The summed E-state index contributed by atoms with van der Waals surface area (Å²) in [6.07, 6.45) is 0.585. The number of rotatable bonds is 5. The summed E-state index contributed by atoms with van der Waals surface area (Å²) in [6.45, 7) is 3.73. The Morgan fingerprint density at radius 2 is 1.66 bits per heavy atom. The molecule has 2 heterocycles. The van der Waals surface area contributed by atoms with E-state index >= 15 is 0 Å². The third-order valence-corrected chi connectivity index (χ3v) is 5.64. The van der Waals surface area contributed by atoms with Gasteiger partial charge in [0.05, 0.1) is 11.4 Å². The maximum absolute atomic E-state index is 13.6. The average Bonchev–Trinajstić information content (AvgIpc) is 2.79. The molecule has 164 valence electrons. The molecule has 2 N–H and O–H groups in total. The van der Waals surface area contributed by atoms with Crippen molar-refractivity contribution in [3.05, 3.63) is 91.9 Å². The predicted molar refractivity (Wildman–Crippen MR) is 125 cm³/mol. The minimum atomic E-state index is -0.500. The number of phenolic OH excluding ortho intramolecular Hbond substituents is 1. The highest BCUT2D eigenvalue weighted by molar-refractivity contribution is 5.91. The summed E-state index contributed by atoms with van der Waals surface area (Å²) in [7, 11) is 1.54. The zero-order chi connectivity index (χ0) is 23.0. The standard InChI is InChI=1S/C24H24N4O4/c1-4-15(2)27-23(31)21-19(25-16-10-12-18(29)13-11-16)14-20(30)26(3)22(21)28(24(27)32)17-8-6-5-7-9-17/h5-15,25,29H,4H2,1-3H3. The van der Waals surface area contributed by atoms with Crippen LogP contribution in [0.25, 0.3) is 16.7 Å². The molecule has 0 spiro atoms. The number of anilines is 2. The summed E-state index contributed by atoms with van der Waals surface area (Å²) in [5.74, 6) is 0.0985. The number of benzene rings is 2. The van der Waals surface area contributed by atoms with Crippen LogP contribution in [0.2, 0.25) is 0 Å². The summed E-state index contributed by atoms with van der Waals surface area (Å²) < 4.78 is 3.96. The van der Waals surface area contributed by atoms with Crippen molar-refractivity contribution in [2.45, 2.75) is 26.3 Å². The van der Waals surface area contributed by atoms with Crippen LogP contribution < -0.4 is 22.1 Å². The number of nitrogens with zero attached hydrogens (tertiary/aromatic N) is 3. The molecule has 0 bridgehead atoms. The number of nitrogens with one attached hydrogen (secondary N) is 1. The van der Waals surface area contributed by atoms with Crippen LogP contribution in [0.4, 0.5) is 11.4 Å². The first-order chi connectivity index (χ1) is 15.3. The van der Waals surface area contributed by atoms with Gasteiger partial charge in [0.25, 0.3) is 11.1 Å². The molecule has 8 heteroatoms. The lowest BCUT2D eigenvalue weighted by Crippen LogP contribution is -2.43. The first kappa shape index (κ1) is 21.2. The number of phenols is 1. The molecule has 0 fully saturated rings. The summed E-state index contributed by atoms with van der Waals surface area (Å²) in [6, 6.07) is 16.2. The third-order valence-electron chi connectivity index (χ3n) is 5.64. The Morgan fingerprint density at radius 1 is 1.00 bits per heavy atom. The second-order valence-electron chi connectivity index (χ2n) is 7.71. The predicted octanol–water partition coefficient (Wildman–Crippen LogP) is 3.27. The number of para-hydroxylation sites is 1. The normalized spacial score (nSPS) is 12.1. The third kappa shape index (κ3) is 3.49. The Hall–Kier alpha value is -4.07. The van der Waals surface area contributed by atoms with Crippen molar-refractivity contribution in [1.29, 1.82) is 0 Å². The van der Waals surface area contributed by atoms with Crippen molar-refractivity contribution < 1.29 is 5.11 Å². The fourth-order valence-electron chi connectivity index (χ4n) is 3.74. The lowest BCUT2D eigenvalue weighted by atomic mass is 10.2. The fraction of sp³-hybridized carbons (Fsp3) is 0.208. The minimum absolute atomic E-state index is 0.0985. The highest BCUT2D eigenvalue weighted by atomic mass is 16.3. The van der Waals surface area contributed by atoms with Crippen molar-refractivity contribution in [2.75, 3.05) is 5.32 Å². The van der Waals surface area contributed by atoms with Crippen LogP contribution in [0.1, 0.15) is 26.3 Å². The number of hydrogen-bond donors (Lipinski definition) is 2. The van der Waals surface area contributed by atoms with Gasteiger partial charge < -0.3 is 10.4 Å². The number of hydrogen-bond acceptors (Lipinski definition) is 5. The average molecular weight is 432 g/mol. The molecule has 0 aliphatic carbocycles. The molecule has 2 aromatic heterocycles. The largest absolute Gasteiger partial charge is 0.508 e. The Bertz CT molecular complexity index is 1470. The molecular weight excluding hydrogens is 408 g/mol. The zero-order valence-electron chi connectivity index (χ0n) is 18.1. The molecule has 32 heavy (non-hydrogen) atoms. The highest BCUT2D eigenvalue weighted by Crippen LogP contribution is 2.25. The molecule has 4 rings (SSSR count). The van der Waals surface area contributed by atoms with E-state index in [4.69, 9.17) is 0 Å². The topological polar surface area (TPSA) is 98.3 Å². The van der Waals surface area contributed by atoms with Gasteiger partial charge in [-0.25, -0.2) is 9.36 Å². The highest BCUT2D eigenvalue weighted by Gasteiger charge is 2.22. The molecule has 1 unspecified atom stereocenters. The lowest BCUT2D eigenvalue weighted by molar-refractivity contribution is 0.475. The van der Waals surface area contributed by atoms with Crippen LogP contribution in [-0.2, 0) is 7.05 Å². The van der Waals surface area contributed by atoms with Crippen LogP contribution in [0, 0.1) is 0 Å². The maximum Gasteiger partial charge on any atom is 0.337 e. The first-order valence-electron chi connectivity index (χ1n) is 10.4. The van der Waals surface area contributed by atoms with E-state index in [1.165, 1.54) is 31.9 Å². The van der Waals surface area contributed by atoms with Crippen molar-refractivity contribution in [3.8, 4) is 11.4 Å². The van der Waals surface area contributed by atoms with Crippen molar-refractivity contribution in [2.24, 2.45) is 7.05 Å². The second-order valence-corrected chi connectivity index (χ2v) is 7.71. The van der Waals surface area contributed by atoms with E-state index in [1.807, 2.05) is 19.9 Å². The van der Waals surface area contributed by atoms with Gasteiger partial charge in [0.2, 0.25) is 0 Å². The van der Waals surface area contributed by atoms with Crippen LogP contribution >= 0.6 is 0 Å². The monoisotopic (exact) mass is 432 g/mol. The van der Waals surface area contributed by atoms with E-state index in [2.05, 4.69) is 5.32 Å². The number of aryl methyl sites for hydroxylation is 1. The van der Waals surface area contributed by atoms with Gasteiger partial charge in [0.1, 0.15) is 16.8 Å². The maximum atomic E-state index is 13.6. The molecule has 8 nitrogen and oxygen atoms in total. The summed E-state index contributed by atoms with van der Waals surface area (Å²) in [5.41, 5.74) is 0.299. The van der Waals surface area contributed by atoms with Gasteiger partial charge in [0.15, 0.2) is 0 Å². The van der Waals surface area contributed by atoms with E-state index in [-0.39, 0.29) is 28.4 Å². The second kappa shape index (κ2) is 8.22. The Morgan fingerprint density at radius 3 is 2.28 bits per heavy atom. The smallest absolute Gasteiger partial charge is 0.337 e. The summed E-state index contributed by atoms with van der Waals surface area (Å²) >= 11 is 0. The van der Waals surface area contributed by atoms with Gasteiger partial charge >= 0.3 is 5.69 Å². The van der Waals surface area contributed by atoms with Gasteiger partial charge in [-0.1, -0.05) is 25.1 Å². The molecule has 2 aromatic carbocycles. The molecular formula is C24H24N4O4. The number of aromatic nitrogens is 3. The van der Waals surface area contributed by atoms with E-state index in [0.29, 0.717) is 23.5 Å². The van der Waals surface area contributed by atoms with Gasteiger partial charge in [-0.2, -0.15) is 0 Å². The van der Waals surface area contributed by atoms with E-state index in [1.54, 1.807) is 43.4 Å². The van der Waals surface area contributed by atoms with Crippen molar-refractivity contribution in [3.63, 3.8) is 0 Å². The molecule has 0 aliphatic rings. The van der Waals surface area contributed by atoms with E-state index < -0.39 is 11.2 Å². The van der Waals surface area contributed by atoms with Gasteiger partial charge in [-0.05, 0) is 49.7 Å². The summed E-state index contributed by atoms with van der Waals surface area (Å²) in [4.78, 5) is 40.0. The zero-order valence-corrected chi connectivity index (χ0v) is 18.1. The van der Waals surface area contributed by atoms with Crippen LogP contribution in [0.15, 0.2) is 75.0 Å². The minimum Gasteiger partial charge on any atom is -0.508 e. The molecule has 4 aromatic rings. The van der Waals surface area contributed by atoms with E-state index in [0.717, 1.165) is 0 Å². The first-order valence-corrected chi connectivity index (χ1v) is 10.4. The van der Waals surface area contributed by atoms with Gasteiger partial charge in [-0.3, -0.25) is 18.7 Å². The molecule has 0 saturated heterocycles. The lowest BCUT2D eigenvalue weighted by Gasteiger charge is -2.21. The fourth-order valence-corrected chi connectivity index (χ4v) is 3.74. The van der Waals surface area contributed by atoms with Gasteiger partial charge in [-0.15, -0.1) is 0 Å². The van der Waals surface area contributed by atoms with E-state index in [9.17, 15) is 19.5 Å². The van der Waals surface area contributed by atoms with Crippen molar-refractivity contribution >= 4 is 22.4 Å². The molecule has 0 radical (unpaired) electrons. The summed E-state index contributed by atoms with van der Waals surface area (Å²) in [5, 5.41) is 12.9. The SMILES string of the molecule is CCC(C)n1c(=O)c2c(Nc3ccc(O)cc3)cc(=O)n(C)c2n(-c2ccccc2)c1=O. The molecule has 0 aliphatic heterocycles. The Balaban J connectivity index is 2.17. The van der Waals surface area contributed by atoms with Crippen LogP contribution in [0.5, 0.6) is 5.75 Å². The Labute approximate surface area is 183 Å². The van der Waals surface area contributed by atoms with Crippen LogP contribution in [-0.4, -0.2) is 18.8 Å². The van der Waals surface area contributed by atoms with Gasteiger partial charge in [0, 0.05) is 24.8 Å². The molecule has 1 atom stereocenters. The van der Waals surface area contributed by atoms with Crippen molar-refractivity contribution in [1.82, 2.24) is 13.7 Å². The number of fused-ring (bicyclic) bond motifs is 1. The van der Waals surface area contributed by atoms with Crippen LogP contribution in [0.3, 0.4) is 0 Å². The Kier molecular flexibility index (Phi) is 5.44. The molecule has 0 saturated carbocycles.